The lowest BCUT2D eigenvalue weighted by molar-refractivity contribution is 0.216. The minimum atomic E-state index is -0.292. The maximum absolute atomic E-state index is 13.8. The van der Waals surface area contributed by atoms with Crippen LogP contribution in [0.3, 0.4) is 0 Å². The molecular weight excluding hydrogens is 363 g/mol. The van der Waals surface area contributed by atoms with Gasteiger partial charge in [-0.15, -0.1) is 11.3 Å². The Morgan fingerprint density at radius 2 is 1.93 bits per heavy atom. The summed E-state index contributed by atoms with van der Waals surface area (Å²) in [4.78, 5) is 9.56. The van der Waals surface area contributed by atoms with Gasteiger partial charge < -0.3 is 20.2 Å². The van der Waals surface area contributed by atoms with Crippen LogP contribution in [0.5, 0.6) is 5.75 Å². The summed E-state index contributed by atoms with van der Waals surface area (Å²) >= 11 is 1.55. The molecule has 0 unspecified atom stereocenters. The van der Waals surface area contributed by atoms with E-state index in [1.165, 1.54) is 12.1 Å². The van der Waals surface area contributed by atoms with Crippen LogP contribution in [-0.2, 0) is 0 Å². The summed E-state index contributed by atoms with van der Waals surface area (Å²) in [5.74, 6) is 0.858. The molecule has 0 atom stereocenters. The van der Waals surface area contributed by atoms with Gasteiger partial charge in [-0.2, -0.15) is 0 Å². The van der Waals surface area contributed by atoms with Gasteiger partial charge in [0.2, 0.25) is 0 Å². The second kappa shape index (κ2) is 6.21. The molecule has 1 aromatic heterocycles. The van der Waals surface area contributed by atoms with Crippen LogP contribution in [0.25, 0.3) is 10.1 Å². The Balaban J connectivity index is 1.73. The van der Waals surface area contributed by atoms with Crippen molar-refractivity contribution in [3.63, 3.8) is 0 Å². The van der Waals surface area contributed by atoms with Gasteiger partial charge >= 0.3 is 0 Å². The molecule has 0 radical (unpaired) electrons. The molecule has 1 saturated heterocycles. The number of likely N-dealkylation sites (N-methyl/N-ethyl adjacent to an activating group) is 1. The van der Waals surface area contributed by atoms with Gasteiger partial charge in [-0.25, -0.2) is 9.38 Å². The Hall–Kier alpha value is -2.64. The van der Waals surface area contributed by atoms with Crippen molar-refractivity contribution in [1.29, 1.82) is 0 Å². The molecule has 2 N–H and O–H groups in total. The number of rotatable bonds is 0. The topological polar surface area (TPSA) is 51.1 Å². The monoisotopic (exact) mass is 382 g/mol. The van der Waals surface area contributed by atoms with Crippen molar-refractivity contribution in [1.82, 2.24) is 9.80 Å². The van der Waals surface area contributed by atoms with Gasteiger partial charge in [0, 0.05) is 36.3 Å². The molecule has 2 aliphatic rings. The highest BCUT2D eigenvalue weighted by molar-refractivity contribution is 7.23. The number of anilines is 2. The van der Waals surface area contributed by atoms with E-state index in [-0.39, 0.29) is 11.6 Å². The third-order valence-corrected chi connectivity index (χ3v) is 6.20. The average molecular weight is 382 g/mol. The molecule has 27 heavy (non-hydrogen) atoms. The number of halogens is 1. The van der Waals surface area contributed by atoms with Crippen LogP contribution in [-0.4, -0.2) is 54.0 Å². The molecule has 5 nitrogen and oxygen atoms in total. The highest BCUT2D eigenvalue weighted by Crippen LogP contribution is 2.44. The van der Waals surface area contributed by atoms with Gasteiger partial charge in [0.05, 0.1) is 16.9 Å². The largest absolute Gasteiger partial charge is 0.508 e. The van der Waals surface area contributed by atoms with E-state index >= 15 is 0 Å². The van der Waals surface area contributed by atoms with Crippen LogP contribution >= 0.6 is 11.3 Å². The summed E-state index contributed by atoms with van der Waals surface area (Å²) < 4.78 is 14.8. The number of aliphatic imine (C=N–C) groups is 1. The summed E-state index contributed by atoms with van der Waals surface area (Å²) in [7, 11) is 2.13. The number of benzene rings is 2. The number of nitrogens with zero attached hydrogens (tertiary/aromatic N) is 3. The number of thiophene rings is 1. The number of hydrogen-bond donors (Lipinski definition) is 2. The molecular formula is C20H19FN4OS. The van der Waals surface area contributed by atoms with Gasteiger partial charge in [-0.3, -0.25) is 0 Å². The van der Waals surface area contributed by atoms with Crippen molar-refractivity contribution in [3.05, 3.63) is 47.8 Å². The lowest BCUT2D eigenvalue weighted by atomic mass is 10.1. The van der Waals surface area contributed by atoms with E-state index in [2.05, 4.69) is 22.2 Å². The van der Waals surface area contributed by atoms with E-state index in [0.29, 0.717) is 5.69 Å². The fraction of sp³-hybridized carbons (Fsp3) is 0.250. The number of phenols is 1. The molecule has 3 aromatic rings. The third-order valence-electron chi connectivity index (χ3n) is 5.13. The van der Waals surface area contributed by atoms with E-state index in [0.717, 1.165) is 58.4 Å². The Kier molecular flexibility index (Phi) is 3.80. The standard InChI is InChI=1S/C20H19FN4OS/c1-24-6-8-25(9-7-24)19-18-14-4-3-13(26)11-17(14)27-20(18)23-16-10-12(21)2-5-15(16)22-19/h2-5,10-11,23,26H,6-9H2,1H3. The predicted molar refractivity (Wildman–Crippen MR) is 108 cm³/mol. The van der Waals surface area contributed by atoms with Crippen molar-refractivity contribution in [2.75, 3.05) is 38.5 Å². The van der Waals surface area contributed by atoms with E-state index in [1.54, 1.807) is 29.5 Å². The first-order valence-electron chi connectivity index (χ1n) is 8.93. The quantitative estimate of drug-likeness (QED) is 0.614. The molecule has 3 heterocycles. The van der Waals surface area contributed by atoms with Crippen molar-refractivity contribution >= 4 is 43.6 Å². The van der Waals surface area contributed by atoms with E-state index in [9.17, 15) is 9.50 Å². The smallest absolute Gasteiger partial charge is 0.140 e. The van der Waals surface area contributed by atoms with Gasteiger partial charge in [-0.1, -0.05) is 0 Å². The minimum absolute atomic E-state index is 0.239. The lowest BCUT2D eigenvalue weighted by Gasteiger charge is -2.34. The second-order valence-electron chi connectivity index (χ2n) is 7.00. The van der Waals surface area contributed by atoms with Crippen molar-refractivity contribution in [2.24, 2.45) is 4.99 Å². The summed E-state index contributed by atoms with van der Waals surface area (Å²) in [6, 6.07) is 10.1. The summed E-state index contributed by atoms with van der Waals surface area (Å²) in [5.41, 5.74) is 2.42. The van der Waals surface area contributed by atoms with Crippen LogP contribution in [0, 0.1) is 5.82 Å². The van der Waals surface area contributed by atoms with Crippen molar-refractivity contribution in [3.8, 4) is 5.75 Å². The number of nitrogens with one attached hydrogen (secondary N) is 1. The van der Waals surface area contributed by atoms with E-state index in [4.69, 9.17) is 4.99 Å². The lowest BCUT2D eigenvalue weighted by Crippen LogP contribution is -2.47. The first kappa shape index (κ1) is 16.5. The number of phenolic OH excluding ortho intramolecular Hbond substituents is 1. The zero-order chi connectivity index (χ0) is 18.5. The Bertz CT molecular complexity index is 1070. The van der Waals surface area contributed by atoms with Gasteiger partial charge in [0.15, 0.2) is 0 Å². The summed E-state index contributed by atoms with van der Waals surface area (Å²) in [6.45, 7) is 3.73. The van der Waals surface area contributed by atoms with Crippen LogP contribution in [0.4, 0.5) is 20.8 Å². The van der Waals surface area contributed by atoms with Crippen molar-refractivity contribution in [2.45, 2.75) is 0 Å². The Morgan fingerprint density at radius 1 is 1.11 bits per heavy atom. The summed E-state index contributed by atoms with van der Waals surface area (Å²) in [6.07, 6.45) is 0. The number of piperazine rings is 1. The van der Waals surface area contributed by atoms with Gasteiger partial charge in [0.1, 0.15) is 22.4 Å². The number of amidine groups is 1. The highest BCUT2D eigenvalue weighted by atomic mass is 32.1. The molecule has 1 fully saturated rings. The molecule has 5 rings (SSSR count). The fourth-order valence-electron chi connectivity index (χ4n) is 3.64. The van der Waals surface area contributed by atoms with Gasteiger partial charge in [0.25, 0.3) is 0 Å². The van der Waals surface area contributed by atoms with Gasteiger partial charge in [-0.05, 0) is 43.4 Å². The molecule has 0 saturated carbocycles. The first-order valence-corrected chi connectivity index (χ1v) is 9.75. The zero-order valence-electron chi connectivity index (χ0n) is 14.9. The molecule has 0 bridgehead atoms. The maximum Gasteiger partial charge on any atom is 0.140 e. The normalized spacial score (nSPS) is 17.1. The molecule has 7 heteroatoms. The van der Waals surface area contributed by atoms with Crippen molar-refractivity contribution < 1.29 is 9.50 Å². The molecule has 0 aliphatic carbocycles. The SMILES string of the molecule is CN1CCN(C2=Nc3ccc(F)cc3Nc3sc4cc(O)ccc4c32)CC1. The molecule has 0 spiro atoms. The molecule has 138 valence electrons. The summed E-state index contributed by atoms with van der Waals surface area (Å²) in [5, 5.41) is 15.2. The van der Waals surface area contributed by atoms with E-state index in [1.807, 2.05) is 6.07 Å². The van der Waals surface area contributed by atoms with Crippen LogP contribution in [0.2, 0.25) is 0 Å². The second-order valence-corrected chi connectivity index (χ2v) is 8.05. The maximum atomic E-state index is 13.8. The highest BCUT2D eigenvalue weighted by Gasteiger charge is 2.27. The van der Waals surface area contributed by atoms with Crippen LogP contribution < -0.4 is 5.32 Å². The number of aromatic hydroxyl groups is 1. The minimum Gasteiger partial charge on any atom is -0.508 e. The average Bonchev–Trinajstić information content (AvgIpc) is 2.90. The Morgan fingerprint density at radius 3 is 2.74 bits per heavy atom. The Labute approximate surface area is 160 Å². The first-order chi connectivity index (χ1) is 13.1. The molecule has 2 aromatic carbocycles. The molecule has 0 amide bonds. The van der Waals surface area contributed by atoms with E-state index < -0.39 is 0 Å². The molecule has 2 aliphatic heterocycles. The number of hydrogen-bond acceptors (Lipinski definition) is 6. The van der Waals surface area contributed by atoms with Crippen LogP contribution in [0.15, 0.2) is 41.4 Å². The third kappa shape index (κ3) is 2.83. The predicted octanol–water partition coefficient (Wildman–Crippen LogP) is 4.13. The fourth-order valence-corrected chi connectivity index (χ4v) is 4.78. The zero-order valence-corrected chi connectivity index (χ0v) is 15.7. The number of fused-ring (bicyclic) bond motifs is 4. The van der Waals surface area contributed by atoms with Crippen LogP contribution in [0.1, 0.15) is 5.56 Å².